The van der Waals surface area contributed by atoms with Crippen LogP contribution in [0.15, 0.2) is 47.8 Å². The first-order chi connectivity index (χ1) is 14.0. The predicted molar refractivity (Wildman–Crippen MR) is 119 cm³/mol. The summed E-state index contributed by atoms with van der Waals surface area (Å²) in [5.74, 6) is 0.903. The fraction of sp³-hybridized carbons (Fsp3) is 0.333. The third-order valence-corrected chi connectivity index (χ3v) is 5.74. The van der Waals surface area contributed by atoms with Crippen LogP contribution in [-0.2, 0) is 13.2 Å². The lowest BCUT2D eigenvalue weighted by Crippen LogP contribution is -2.31. The van der Waals surface area contributed by atoms with Gasteiger partial charge in [-0.2, -0.15) is 0 Å². The summed E-state index contributed by atoms with van der Waals surface area (Å²) in [7, 11) is 0. The zero-order valence-corrected chi connectivity index (χ0v) is 18.4. The zero-order chi connectivity index (χ0) is 20.8. The molecule has 0 bridgehead atoms. The van der Waals surface area contributed by atoms with E-state index in [9.17, 15) is 4.79 Å². The molecule has 1 amide bonds. The minimum absolute atomic E-state index is 0.0489. The molecular weight excluding hydrogens is 380 g/mol. The van der Waals surface area contributed by atoms with Crippen molar-refractivity contribution < 1.29 is 9.53 Å². The number of nitrogens with zero attached hydrogens (tertiary/aromatic N) is 2. The molecule has 152 valence electrons. The maximum Gasteiger partial charge on any atom is 0.254 e. The van der Waals surface area contributed by atoms with Crippen molar-refractivity contribution >= 4 is 17.2 Å². The average molecular weight is 409 g/mol. The summed E-state index contributed by atoms with van der Waals surface area (Å²) in [5, 5.41) is 2.93. The van der Waals surface area contributed by atoms with E-state index in [4.69, 9.17) is 4.74 Å². The Labute approximate surface area is 177 Å². The highest BCUT2D eigenvalue weighted by Gasteiger charge is 2.17. The fourth-order valence-corrected chi connectivity index (χ4v) is 3.73. The molecule has 5 heteroatoms. The number of carbonyl (C=O) groups excluding carboxylic acids is 1. The lowest BCUT2D eigenvalue weighted by atomic mass is 10.1. The fourth-order valence-electron chi connectivity index (χ4n) is 3.03. The molecule has 1 heterocycles. The normalized spacial score (nSPS) is 10.8. The third kappa shape index (κ3) is 5.67. The van der Waals surface area contributed by atoms with Crippen molar-refractivity contribution in [2.75, 3.05) is 6.54 Å². The van der Waals surface area contributed by atoms with E-state index in [1.54, 1.807) is 11.3 Å². The Bertz CT molecular complexity index is 963. The van der Waals surface area contributed by atoms with Crippen molar-refractivity contribution in [3.05, 3.63) is 80.8 Å². The molecular formula is C24H28N2O2S. The van der Waals surface area contributed by atoms with Crippen molar-refractivity contribution in [3.63, 3.8) is 0 Å². The lowest BCUT2D eigenvalue weighted by Gasteiger charge is -2.21. The quantitative estimate of drug-likeness (QED) is 0.480. The van der Waals surface area contributed by atoms with Crippen LogP contribution in [0.3, 0.4) is 0 Å². The first-order valence-corrected chi connectivity index (χ1v) is 10.8. The third-order valence-electron chi connectivity index (χ3n) is 4.87. The molecule has 0 radical (unpaired) electrons. The van der Waals surface area contributed by atoms with Crippen LogP contribution in [0.2, 0.25) is 0 Å². The predicted octanol–water partition coefficient (Wildman–Crippen LogP) is 5.70. The number of aryl methyl sites for hydroxylation is 3. The zero-order valence-electron chi connectivity index (χ0n) is 17.6. The molecule has 0 saturated heterocycles. The lowest BCUT2D eigenvalue weighted by molar-refractivity contribution is 0.0741. The van der Waals surface area contributed by atoms with Gasteiger partial charge in [-0.05, 0) is 62.6 Å². The number of benzene rings is 2. The van der Waals surface area contributed by atoms with Crippen LogP contribution in [-0.4, -0.2) is 22.3 Å². The summed E-state index contributed by atoms with van der Waals surface area (Å²) < 4.78 is 5.89. The molecule has 3 aromatic rings. The number of rotatable bonds is 8. The van der Waals surface area contributed by atoms with Crippen LogP contribution in [0.25, 0.3) is 0 Å². The number of ether oxygens (including phenoxy) is 1. The monoisotopic (exact) mass is 408 g/mol. The topological polar surface area (TPSA) is 42.4 Å². The van der Waals surface area contributed by atoms with Gasteiger partial charge in [-0.1, -0.05) is 30.7 Å². The van der Waals surface area contributed by atoms with Gasteiger partial charge in [0.1, 0.15) is 17.4 Å². The average Bonchev–Trinajstić information content (AvgIpc) is 3.16. The standard InChI is InChI=1S/C24H28N2O2S/c1-5-12-26(24(27)20-9-6-17(2)7-10-20)14-21-16-29-23(25-21)15-28-22-11-8-18(3)19(4)13-22/h6-11,13,16H,5,12,14-15H2,1-4H3. The van der Waals surface area contributed by atoms with E-state index >= 15 is 0 Å². The molecule has 0 fully saturated rings. The molecule has 2 aromatic carbocycles. The summed E-state index contributed by atoms with van der Waals surface area (Å²) in [6.07, 6.45) is 0.907. The van der Waals surface area contributed by atoms with Gasteiger partial charge in [0.25, 0.3) is 5.91 Å². The van der Waals surface area contributed by atoms with Crippen molar-refractivity contribution in [2.45, 2.75) is 47.3 Å². The first kappa shape index (κ1) is 21.1. The van der Waals surface area contributed by atoms with Gasteiger partial charge in [-0.3, -0.25) is 4.79 Å². The molecule has 0 saturated carbocycles. The molecule has 0 atom stereocenters. The summed E-state index contributed by atoms with van der Waals surface area (Å²) in [6, 6.07) is 13.8. The van der Waals surface area contributed by atoms with Gasteiger partial charge < -0.3 is 9.64 Å². The van der Waals surface area contributed by atoms with Crippen molar-refractivity contribution in [1.29, 1.82) is 0 Å². The van der Waals surface area contributed by atoms with Gasteiger partial charge in [-0.25, -0.2) is 4.98 Å². The Kier molecular flexibility index (Phi) is 7.04. The molecule has 0 N–H and O–H groups in total. The second-order valence-corrected chi connectivity index (χ2v) is 8.30. The van der Waals surface area contributed by atoms with E-state index in [-0.39, 0.29) is 5.91 Å². The van der Waals surface area contributed by atoms with Crippen LogP contribution >= 0.6 is 11.3 Å². The highest BCUT2D eigenvalue weighted by atomic mass is 32.1. The van der Waals surface area contributed by atoms with Crippen LogP contribution < -0.4 is 4.74 Å². The molecule has 29 heavy (non-hydrogen) atoms. The van der Waals surface area contributed by atoms with Gasteiger partial charge in [0, 0.05) is 17.5 Å². The van der Waals surface area contributed by atoms with Gasteiger partial charge in [0.15, 0.2) is 0 Å². The maximum absolute atomic E-state index is 12.9. The Balaban J connectivity index is 1.63. The Morgan fingerprint density at radius 2 is 1.83 bits per heavy atom. The van der Waals surface area contributed by atoms with Crippen molar-refractivity contribution in [1.82, 2.24) is 9.88 Å². The smallest absolute Gasteiger partial charge is 0.254 e. The van der Waals surface area contributed by atoms with Gasteiger partial charge in [-0.15, -0.1) is 11.3 Å². The van der Waals surface area contributed by atoms with Gasteiger partial charge in [0.05, 0.1) is 12.2 Å². The number of amides is 1. The van der Waals surface area contributed by atoms with E-state index < -0.39 is 0 Å². The molecule has 0 aliphatic heterocycles. The van der Waals surface area contributed by atoms with Crippen molar-refractivity contribution in [3.8, 4) is 5.75 Å². The van der Waals surface area contributed by atoms with E-state index in [1.807, 2.05) is 53.6 Å². The summed E-state index contributed by atoms with van der Waals surface area (Å²) in [6.45, 7) is 9.93. The van der Waals surface area contributed by atoms with Crippen LogP contribution in [0, 0.1) is 20.8 Å². The van der Waals surface area contributed by atoms with E-state index in [2.05, 4.69) is 31.8 Å². The molecule has 0 aliphatic rings. The minimum atomic E-state index is 0.0489. The van der Waals surface area contributed by atoms with Crippen LogP contribution in [0.1, 0.15) is 51.1 Å². The first-order valence-electron chi connectivity index (χ1n) is 9.95. The second-order valence-electron chi connectivity index (χ2n) is 7.36. The molecule has 1 aromatic heterocycles. The maximum atomic E-state index is 12.9. The van der Waals surface area contributed by atoms with Crippen LogP contribution in [0.5, 0.6) is 5.75 Å². The number of hydrogen-bond donors (Lipinski definition) is 0. The molecule has 0 aliphatic carbocycles. The number of carbonyl (C=O) groups is 1. The highest BCUT2D eigenvalue weighted by Crippen LogP contribution is 2.20. The van der Waals surface area contributed by atoms with E-state index in [0.29, 0.717) is 19.7 Å². The van der Waals surface area contributed by atoms with E-state index in [0.717, 1.165) is 34.0 Å². The van der Waals surface area contributed by atoms with E-state index in [1.165, 1.54) is 11.1 Å². The SMILES string of the molecule is CCCN(Cc1csc(COc2ccc(C)c(C)c2)n1)C(=O)c1ccc(C)cc1. The number of aromatic nitrogens is 1. The summed E-state index contributed by atoms with van der Waals surface area (Å²) >= 11 is 1.57. The Morgan fingerprint density at radius 1 is 1.07 bits per heavy atom. The number of thiazole rings is 1. The minimum Gasteiger partial charge on any atom is -0.486 e. The largest absolute Gasteiger partial charge is 0.486 e. The van der Waals surface area contributed by atoms with Gasteiger partial charge in [0.2, 0.25) is 0 Å². The summed E-state index contributed by atoms with van der Waals surface area (Å²) in [5.41, 5.74) is 5.24. The van der Waals surface area contributed by atoms with Crippen LogP contribution in [0.4, 0.5) is 0 Å². The van der Waals surface area contributed by atoms with Gasteiger partial charge >= 0.3 is 0 Å². The highest BCUT2D eigenvalue weighted by molar-refractivity contribution is 7.09. The number of hydrogen-bond acceptors (Lipinski definition) is 4. The molecule has 0 unspecified atom stereocenters. The molecule has 0 spiro atoms. The Morgan fingerprint density at radius 3 is 2.52 bits per heavy atom. The summed E-state index contributed by atoms with van der Waals surface area (Å²) in [4.78, 5) is 19.5. The second kappa shape index (κ2) is 9.70. The van der Waals surface area contributed by atoms with Crippen molar-refractivity contribution in [2.24, 2.45) is 0 Å². The Hall–Kier alpha value is -2.66. The molecule has 3 rings (SSSR count). The molecule has 4 nitrogen and oxygen atoms in total.